The Kier molecular flexibility index (Phi) is 5.53. The molecular weight excluding hydrogens is 504 g/mol. The van der Waals surface area contributed by atoms with Crippen molar-refractivity contribution in [2.45, 2.75) is 119 Å². The summed E-state index contributed by atoms with van der Waals surface area (Å²) in [6.45, 7) is 23.6. The van der Waals surface area contributed by atoms with Crippen LogP contribution in [0.2, 0.25) is 0 Å². The maximum absolute atomic E-state index is 6.99. The molecule has 8 aliphatic rings. The van der Waals surface area contributed by atoms with E-state index in [9.17, 15) is 0 Å². The maximum atomic E-state index is 6.99. The van der Waals surface area contributed by atoms with Crippen LogP contribution >= 0.6 is 0 Å². The summed E-state index contributed by atoms with van der Waals surface area (Å²) in [6.07, 6.45) is 14.0. The van der Waals surface area contributed by atoms with Crippen molar-refractivity contribution in [2.24, 2.45) is 73.9 Å². The molecule has 1 saturated heterocycles. The van der Waals surface area contributed by atoms with Crippen LogP contribution in [0.1, 0.15) is 101 Å². The van der Waals surface area contributed by atoms with Crippen molar-refractivity contribution in [1.82, 2.24) is 0 Å². The van der Waals surface area contributed by atoms with Crippen molar-refractivity contribution in [3.8, 4) is 0 Å². The highest BCUT2D eigenvalue weighted by Crippen LogP contribution is 2.94. The molecule has 0 amide bonds. The Morgan fingerprint density at radius 2 is 1.85 bits per heavy atom. The average Bonchev–Trinajstić information content (AvgIpc) is 3.46. The van der Waals surface area contributed by atoms with Crippen molar-refractivity contribution in [1.29, 1.82) is 0 Å². The molecule has 13 atom stereocenters. The lowest BCUT2D eigenvalue weighted by Crippen LogP contribution is -2.72. The SMILES string of the molecule is COC1CC23C4=CCC56C=C7C8C(C(C)C)C8(CCC5(C)C4CCC2C(C)(COC3C)C1OCC(C)(C)C(C)C)C76. The van der Waals surface area contributed by atoms with Gasteiger partial charge < -0.3 is 14.2 Å². The number of hydrogen-bond acceptors (Lipinski definition) is 3. The van der Waals surface area contributed by atoms with E-state index < -0.39 is 0 Å². The molecule has 2 spiro atoms. The molecule has 5 saturated carbocycles. The normalized spacial score (nSPS) is 55.8. The molecule has 7 aliphatic carbocycles. The summed E-state index contributed by atoms with van der Waals surface area (Å²) >= 11 is 0. The van der Waals surface area contributed by atoms with E-state index in [0.717, 1.165) is 43.3 Å². The topological polar surface area (TPSA) is 27.7 Å². The second-order valence-corrected chi connectivity index (χ2v) is 18.3. The molecule has 0 aromatic rings. The monoisotopic (exact) mass is 562 g/mol. The lowest BCUT2D eigenvalue weighted by Gasteiger charge is -2.75. The first-order chi connectivity index (χ1) is 19.3. The minimum Gasteiger partial charge on any atom is -0.379 e. The second-order valence-electron chi connectivity index (χ2n) is 18.3. The minimum atomic E-state index is -0.0276. The fraction of sp³-hybridized carbons (Fsp3) is 0.895. The van der Waals surface area contributed by atoms with Gasteiger partial charge in [0, 0.05) is 23.4 Å². The second kappa shape index (κ2) is 8.14. The highest BCUT2D eigenvalue weighted by atomic mass is 16.5. The minimum absolute atomic E-state index is 0.0276. The summed E-state index contributed by atoms with van der Waals surface area (Å²) in [7, 11) is 1.94. The van der Waals surface area contributed by atoms with E-state index in [4.69, 9.17) is 14.2 Å². The van der Waals surface area contributed by atoms with E-state index >= 15 is 0 Å². The Bertz CT molecular complexity index is 1210. The van der Waals surface area contributed by atoms with Gasteiger partial charge in [0.15, 0.2) is 0 Å². The van der Waals surface area contributed by atoms with Crippen LogP contribution in [0.3, 0.4) is 0 Å². The quantitative estimate of drug-likeness (QED) is 0.304. The molecule has 13 unspecified atom stereocenters. The van der Waals surface area contributed by atoms with Gasteiger partial charge >= 0.3 is 0 Å². The van der Waals surface area contributed by atoms with Crippen LogP contribution in [-0.2, 0) is 14.2 Å². The molecule has 1 heterocycles. The van der Waals surface area contributed by atoms with Gasteiger partial charge in [-0.2, -0.15) is 0 Å². The average molecular weight is 563 g/mol. The molecule has 41 heavy (non-hydrogen) atoms. The summed E-state index contributed by atoms with van der Waals surface area (Å²) in [5.41, 5.74) is 5.35. The van der Waals surface area contributed by atoms with Gasteiger partial charge in [0.1, 0.15) is 0 Å². The van der Waals surface area contributed by atoms with Gasteiger partial charge in [-0.05, 0) is 103 Å². The number of methoxy groups -OCH3 is 1. The molecule has 2 bridgehead atoms. The molecule has 0 aromatic heterocycles. The lowest BCUT2D eigenvalue weighted by molar-refractivity contribution is -0.289. The number of ether oxygens (including phenoxy) is 3. The van der Waals surface area contributed by atoms with E-state index in [1.807, 2.05) is 12.7 Å². The molecule has 0 aromatic carbocycles. The van der Waals surface area contributed by atoms with E-state index in [0.29, 0.717) is 34.0 Å². The Hall–Kier alpha value is -0.640. The van der Waals surface area contributed by atoms with Gasteiger partial charge in [-0.1, -0.05) is 78.7 Å². The highest BCUT2D eigenvalue weighted by molar-refractivity contribution is 5.58. The predicted molar refractivity (Wildman–Crippen MR) is 164 cm³/mol. The number of allylic oxidation sites excluding steroid dienone is 3. The van der Waals surface area contributed by atoms with Gasteiger partial charge in [-0.15, -0.1) is 0 Å². The summed E-state index contributed by atoms with van der Waals surface area (Å²) < 4.78 is 20.3. The van der Waals surface area contributed by atoms with Crippen molar-refractivity contribution in [3.63, 3.8) is 0 Å². The van der Waals surface area contributed by atoms with Gasteiger partial charge in [0.2, 0.25) is 0 Å². The molecule has 1 aliphatic heterocycles. The largest absolute Gasteiger partial charge is 0.379 e. The molecule has 228 valence electrons. The van der Waals surface area contributed by atoms with E-state index in [1.54, 1.807) is 5.57 Å². The van der Waals surface area contributed by atoms with Crippen LogP contribution in [0, 0.1) is 73.9 Å². The van der Waals surface area contributed by atoms with Crippen LogP contribution in [0.25, 0.3) is 0 Å². The Morgan fingerprint density at radius 1 is 1.10 bits per heavy atom. The molecule has 8 rings (SSSR count). The fourth-order valence-corrected chi connectivity index (χ4v) is 13.7. The van der Waals surface area contributed by atoms with Crippen LogP contribution < -0.4 is 0 Å². The van der Waals surface area contributed by atoms with Gasteiger partial charge in [-0.3, -0.25) is 0 Å². The number of rotatable bonds is 6. The summed E-state index contributed by atoms with van der Waals surface area (Å²) in [5, 5.41) is 0. The van der Waals surface area contributed by atoms with Crippen molar-refractivity contribution in [3.05, 3.63) is 23.3 Å². The third-order valence-corrected chi connectivity index (χ3v) is 16.4. The van der Waals surface area contributed by atoms with E-state index in [2.05, 4.69) is 74.5 Å². The van der Waals surface area contributed by atoms with E-state index in [1.165, 1.54) is 32.1 Å². The van der Waals surface area contributed by atoms with Gasteiger partial charge in [-0.25, -0.2) is 0 Å². The van der Waals surface area contributed by atoms with Crippen LogP contribution in [0.4, 0.5) is 0 Å². The van der Waals surface area contributed by atoms with Crippen LogP contribution in [-0.4, -0.2) is 38.6 Å². The zero-order valence-corrected chi connectivity index (χ0v) is 27.8. The fourth-order valence-electron chi connectivity index (χ4n) is 13.7. The van der Waals surface area contributed by atoms with Crippen molar-refractivity contribution < 1.29 is 14.2 Å². The summed E-state index contributed by atoms with van der Waals surface area (Å²) in [5.74, 6) is 5.50. The molecule has 3 heteroatoms. The maximum Gasteiger partial charge on any atom is 0.0915 e. The number of fused-ring (bicyclic) bond motifs is 3. The van der Waals surface area contributed by atoms with Crippen molar-refractivity contribution >= 4 is 0 Å². The Balaban J connectivity index is 1.16. The van der Waals surface area contributed by atoms with Gasteiger partial charge in [0.05, 0.1) is 31.5 Å². The molecule has 6 fully saturated rings. The van der Waals surface area contributed by atoms with Crippen LogP contribution in [0.15, 0.2) is 23.3 Å². The third kappa shape index (κ3) is 2.87. The Labute approximate surface area is 250 Å². The first kappa shape index (κ1) is 27.9. The highest BCUT2D eigenvalue weighted by Gasteiger charge is 2.88. The third-order valence-electron chi connectivity index (χ3n) is 16.4. The summed E-state index contributed by atoms with van der Waals surface area (Å²) in [4.78, 5) is 0. The molecule has 0 N–H and O–H groups in total. The number of hydrogen-bond donors (Lipinski definition) is 0. The lowest BCUT2D eigenvalue weighted by atomic mass is 9.29. The Morgan fingerprint density at radius 3 is 2.54 bits per heavy atom. The van der Waals surface area contributed by atoms with Crippen molar-refractivity contribution in [2.75, 3.05) is 20.3 Å². The molecular formula is C38H58O3. The summed E-state index contributed by atoms with van der Waals surface area (Å²) in [6, 6.07) is 0. The molecule has 0 radical (unpaired) electrons. The van der Waals surface area contributed by atoms with Gasteiger partial charge in [0.25, 0.3) is 0 Å². The van der Waals surface area contributed by atoms with E-state index in [-0.39, 0.29) is 34.6 Å². The first-order valence-electron chi connectivity index (χ1n) is 17.5. The first-order valence-corrected chi connectivity index (χ1v) is 17.5. The zero-order chi connectivity index (χ0) is 29.1. The molecule has 3 nitrogen and oxygen atoms in total. The smallest absolute Gasteiger partial charge is 0.0915 e. The predicted octanol–water partition coefficient (Wildman–Crippen LogP) is 8.48. The van der Waals surface area contributed by atoms with Crippen LogP contribution in [0.5, 0.6) is 0 Å². The standard InChI is InChI=1S/C38H58O3/c1-21(2)29-30-24-17-36-14-13-26-25(35(36,9)15-16-37(29,30)31(24)36)11-12-28-34(8)20-40-23(5)38(26,28)18-27(39-10)32(34)41-19-33(6,7)22(3)4/h13,17,21-23,25,27-32H,11-12,14-16,18-20H2,1-10H3. The zero-order valence-electron chi connectivity index (χ0n) is 27.8.